The molecule has 0 aliphatic carbocycles. The number of anilines is 1. The third-order valence-corrected chi connectivity index (χ3v) is 3.61. The SMILES string of the molecule is Nc1c(O)c2c3c(c1Br)=[NH+]CCC=3C=N2. The Balaban J connectivity index is 2.63. The Morgan fingerprint density at radius 1 is 1.53 bits per heavy atom. The molecule has 1 aromatic rings. The van der Waals surface area contributed by atoms with Crippen LogP contribution in [0.2, 0.25) is 0 Å². The van der Waals surface area contributed by atoms with E-state index in [9.17, 15) is 5.11 Å². The number of aliphatic imine (C=N–C) groups is 1. The van der Waals surface area contributed by atoms with Crippen LogP contribution in [0.1, 0.15) is 6.42 Å². The van der Waals surface area contributed by atoms with Crippen LogP contribution in [0.15, 0.2) is 9.47 Å². The molecule has 2 aliphatic heterocycles. The molecule has 15 heavy (non-hydrogen) atoms. The van der Waals surface area contributed by atoms with Crippen molar-refractivity contribution >= 4 is 39.1 Å². The Morgan fingerprint density at radius 2 is 2.33 bits per heavy atom. The van der Waals surface area contributed by atoms with Crippen molar-refractivity contribution in [1.82, 2.24) is 0 Å². The Kier molecular flexibility index (Phi) is 1.68. The minimum Gasteiger partial charge on any atom is -0.504 e. The summed E-state index contributed by atoms with van der Waals surface area (Å²) in [6.07, 6.45) is 2.74. The first-order chi connectivity index (χ1) is 7.20. The van der Waals surface area contributed by atoms with E-state index < -0.39 is 0 Å². The third-order valence-electron chi connectivity index (χ3n) is 2.79. The fourth-order valence-electron chi connectivity index (χ4n) is 2.04. The summed E-state index contributed by atoms with van der Waals surface area (Å²) in [6, 6.07) is 0. The second kappa shape index (κ2) is 2.82. The highest BCUT2D eigenvalue weighted by Crippen LogP contribution is 2.34. The molecule has 4 N–H and O–H groups in total. The first-order valence-corrected chi connectivity index (χ1v) is 5.47. The quantitative estimate of drug-likeness (QED) is 0.404. The van der Waals surface area contributed by atoms with Crippen molar-refractivity contribution in [3.63, 3.8) is 0 Å². The van der Waals surface area contributed by atoms with Crippen LogP contribution in [0.3, 0.4) is 0 Å². The van der Waals surface area contributed by atoms with E-state index in [0.29, 0.717) is 11.4 Å². The number of rotatable bonds is 0. The predicted octanol–water partition coefficient (Wildman–Crippen LogP) is -1.29. The zero-order chi connectivity index (χ0) is 10.6. The molecular formula is C10H9BrN3O+. The van der Waals surface area contributed by atoms with E-state index in [1.54, 1.807) is 6.21 Å². The third kappa shape index (κ3) is 1.01. The minimum absolute atomic E-state index is 0.0653. The molecule has 2 aliphatic rings. The predicted molar refractivity (Wildman–Crippen MR) is 60.6 cm³/mol. The van der Waals surface area contributed by atoms with E-state index >= 15 is 0 Å². The molecule has 0 atom stereocenters. The fourth-order valence-corrected chi connectivity index (χ4v) is 2.56. The second-order valence-electron chi connectivity index (χ2n) is 3.64. The lowest BCUT2D eigenvalue weighted by Gasteiger charge is -2.05. The molecule has 76 valence electrons. The van der Waals surface area contributed by atoms with Gasteiger partial charge in [-0.3, -0.25) is 4.99 Å². The topological polar surface area (TPSA) is 72.6 Å². The summed E-state index contributed by atoms with van der Waals surface area (Å²) >= 11 is 3.39. The van der Waals surface area contributed by atoms with Crippen molar-refractivity contribution in [2.45, 2.75) is 6.42 Å². The van der Waals surface area contributed by atoms with Crippen LogP contribution in [0.25, 0.3) is 5.57 Å². The molecule has 0 spiro atoms. The molecule has 2 heterocycles. The van der Waals surface area contributed by atoms with Crippen LogP contribution in [0.4, 0.5) is 11.4 Å². The minimum atomic E-state index is 0.0653. The molecule has 0 aromatic heterocycles. The summed E-state index contributed by atoms with van der Waals surface area (Å²) in [5, 5.41) is 11.8. The Labute approximate surface area is 94.0 Å². The average Bonchev–Trinajstić information content (AvgIpc) is 2.68. The molecule has 0 fully saturated rings. The van der Waals surface area contributed by atoms with Gasteiger partial charge in [-0.1, -0.05) is 0 Å². The maximum absolute atomic E-state index is 9.85. The van der Waals surface area contributed by atoms with E-state index in [1.807, 2.05) is 0 Å². The summed E-state index contributed by atoms with van der Waals surface area (Å²) in [6.45, 7) is 0.872. The van der Waals surface area contributed by atoms with Crippen LogP contribution >= 0.6 is 15.9 Å². The van der Waals surface area contributed by atoms with E-state index in [2.05, 4.69) is 25.9 Å². The molecule has 0 saturated heterocycles. The molecule has 3 rings (SSSR count). The van der Waals surface area contributed by atoms with Crippen molar-refractivity contribution in [2.24, 2.45) is 4.99 Å². The first-order valence-electron chi connectivity index (χ1n) is 4.68. The first kappa shape index (κ1) is 8.91. The van der Waals surface area contributed by atoms with Gasteiger partial charge in [0.15, 0.2) is 5.75 Å². The summed E-state index contributed by atoms with van der Waals surface area (Å²) in [7, 11) is 0. The number of hydrogen-bond donors (Lipinski definition) is 3. The molecule has 0 unspecified atom stereocenters. The number of halogens is 1. The van der Waals surface area contributed by atoms with E-state index in [0.717, 1.165) is 33.6 Å². The lowest BCUT2D eigenvalue weighted by molar-refractivity contribution is -0.501. The number of aromatic hydroxyl groups is 1. The average molecular weight is 267 g/mol. The summed E-state index contributed by atoms with van der Waals surface area (Å²) in [5.74, 6) is 0.0653. The number of phenols is 1. The van der Waals surface area contributed by atoms with Crippen LogP contribution in [-0.2, 0) is 0 Å². The van der Waals surface area contributed by atoms with E-state index in [-0.39, 0.29) is 5.75 Å². The number of benzene rings is 1. The molecule has 1 aromatic carbocycles. The molecule has 0 saturated carbocycles. The second-order valence-corrected chi connectivity index (χ2v) is 4.43. The Morgan fingerprint density at radius 3 is 3.13 bits per heavy atom. The van der Waals surface area contributed by atoms with Gasteiger partial charge in [0.2, 0.25) is 5.36 Å². The van der Waals surface area contributed by atoms with Gasteiger partial charge >= 0.3 is 0 Å². The normalized spacial score (nSPS) is 16.5. The standard InChI is InChI=1S/C10H8BrN3O/c11-6-7(12)10(15)9-5-4(3-14-9)1-2-13-8(5)6/h3,15H,1-2,12H2/p+1. The fraction of sp³-hybridized carbons (Fsp3) is 0.200. The molecule has 0 bridgehead atoms. The number of phenolic OH excluding ortho intramolecular Hbond substituents is 1. The smallest absolute Gasteiger partial charge is 0.224 e. The van der Waals surface area contributed by atoms with Crippen molar-refractivity contribution in [2.75, 3.05) is 12.3 Å². The Hall–Kier alpha value is -1.36. The van der Waals surface area contributed by atoms with Gasteiger partial charge in [0.25, 0.3) is 0 Å². The Bertz CT molecular complexity index is 619. The molecular weight excluding hydrogens is 258 g/mol. The molecule has 0 amide bonds. The lowest BCUT2D eigenvalue weighted by Crippen LogP contribution is -2.81. The number of nitrogens with one attached hydrogen (secondary N) is 1. The van der Waals surface area contributed by atoms with E-state index in [1.165, 1.54) is 0 Å². The van der Waals surface area contributed by atoms with E-state index in [4.69, 9.17) is 5.73 Å². The van der Waals surface area contributed by atoms with Gasteiger partial charge in [0.1, 0.15) is 16.7 Å². The van der Waals surface area contributed by atoms with Gasteiger partial charge in [-0.2, -0.15) is 0 Å². The summed E-state index contributed by atoms with van der Waals surface area (Å²) < 4.78 is 0.724. The van der Waals surface area contributed by atoms with Crippen molar-refractivity contribution < 1.29 is 10.1 Å². The highest BCUT2D eigenvalue weighted by Gasteiger charge is 2.24. The van der Waals surface area contributed by atoms with Gasteiger partial charge in [-0.05, 0) is 21.5 Å². The van der Waals surface area contributed by atoms with Gasteiger partial charge in [0, 0.05) is 12.6 Å². The maximum Gasteiger partial charge on any atom is 0.224 e. The monoisotopic (exact) mass is 266 g/mol. The van der Waals surface area contributed by atoms with Crippen molar-refractivity contribution in [3.05, 3.63) is 15.0 Å². The summed E-state index contributed by atoms with van der Waals surface area (Å²) in [4.78, 5) is 7.47. The number of nitrogens with two attached hydrogens (primary N) is 1. The van der Waals surface area contributed by atoms with Gasteiger partial charge < -0.3 is 10.8 Å². The number of hydrogen-bond acceptors (Lipinski definition) is 3. The number of nitrogen functional groups attached to an aromatic ring is 1. The van der Waals surface area contributed by atoms with Crippen molar-refractivity contribution in [3.8, 4) is 5.75 Å². The molecule has 5 heteroatoms. The molecule has 4 nitrogen and oxygen atoms in total. The van der Waals surface area contributed by atoms with Gasteiger partial charge in [-0.15, -0.1) is 0 Å². The van der Waals surface area contributed by atoms with Gasteiger partial charge in [0.05, 0.1) is 10.9 Å². The van der Waals surface area contributed by atoms with Crippen LogP contribution in [-0.4, -0.2) is 17.9 Å². The van der Waals surface area contributed by atoms with Crippen LogP contribution in [0.5, 0.6) is 5.75 Å². The largest absolute Gasteiger partial charge is 0.504 e. The number of nitrogens with zero attached hydrogens (tertiary/aromatic N) is 1. The van der Waals surface area contributed by atoms with Crippen LogP contribution in [0, 0.1) is 0 Å². The molecule has 0 radical (unpaired) electrons. The lowest BCUT2D eigenvalue weighted by atomic mass is 10.1. The van der Waals surface area contributed by atoms with Gasteiger partial charge in [-0.25, -0.2) is 4.99 Å². The van der Waals surface area contributed by atoms with Crippen LogP contribution < -0.4 is 21.3 Å². The highest BCUT2D eigenvalue weighted by molar-refractivity contribution is 9.10. The van der Waals surface area contributed by atoms with Crippen molar-refractivity contribution in [1.29, 1.82) is 0 Å². The zero-order valence-corrected chi connectivity index (χ0v) is 9.43. The zero-order valence-electron chi connectivity index (χ0n) is 7.84. The highest BCUT2D eigenvalue weighted by atomic mass is 79.9. The summed E-state index contributed by atoms with van der Waals surface area (Å²) in [5.41, 5.74) is 7.88. The maximum atomic E-state index is 9.85.